The number of hydrogen-bond donors (Lipinski definition) is 0. The number of ether oxygens (including phenoxy) is 1. The lowest BCUT2D eigenvalue weighted by Gasteiger charge is -2.36. The van der Waals surface area contributed by atoms with Crippen LogP contribution in [0.25, 0.3) is 0 Å². The first kappa shape index (κ1) is 11.3. The van der Waals surface area contributed by atoms with E-state index in [-0.39, 0.29) is 16.9 Å². The maximum Gasteiger partial charge on any atom is 0.0802 e. The van der Waals surface area contributed by atoms with Crippen molar-refractivity contribution in [2.75, 3.05) is 7.11 Å². The lowest BCUT2D eigenvalue weighted by atomic mass is 9.69. The van der Waals surface area contributed by atoms with Gasteiger partial charge in [-0.1, -0.05) is 48.8 Å². The fourth-order valence-corrected chi connectivity index (χ4v) is 4.57. The van der Waals surface area contributed by atoms with Gasteiger partial charge in [0, 0.05) is 18.4 Å². The summed E-state index contributed by atoms with van der Waals surface area (Å²) in [5.74, 6) is 0.573. The molecule has 1 heteroatoms. The zero-order valence-electron chi connectivity index (χ0n) is 11.5. The van der Waals surface area contributed by atoms with E-state index in [1.165, 1.54) is 17.6 Å². The molecule has 0 amide bonds. The maximum atomic E-state index is 5.74. The zero-order chi connectivity index (χ0) is 12.4. The van der Waals surface area contributed by atoms with Gasteiger partial charge in [-0.05, 0) is 25.7 Å². The van der Waals surface area contributed by atoms with E-state index >= 15 is 0 Å². The number of hydrogen-bond acceptors (Lipinski definition) is 1. The molecule has 17 heavy (non-hydrogen) atoms. The van der Waals surface area contributed by atoms with Crippen LogP contribution in [0.15, 0.2) is 34.9 Å². The highest BCUT2D eigenvalue weighted by Crippen LogP contribution is 2.67. The fraction of sp³-hybridized carbons (Fsp3) is 0.625. The highest BCUT2D eigenvalue weighted by Gasteiger charge is 2.61. The summed E-state index contributed by atoms with van der Waals surface area (Å²) in [6, 6.07) is 0. The summed E-state index contributed by atoms with van der Waals surface area (Å²) in [6.07, 6.45) is 8.59. The van der Waals surface area contributed by atoms with E-state index in [1.54, 1.807) is 5.57 Å². The van der Waals surface area contributed by atoms with Gasteiger partial charge in [0.1, 0.15) is 0 Å². The largest absolute Gasteiger partial charge is 0.377 e. The molecule has 3 rings (SSSR count). The van der Waals surface area contributed by atoms with Crippen LogP contribution < -0.4 is 0 Å². The van der Waals surface area contributed by atoms with Gasteiger partial charge in [0.2, 0.25) is 0 Å². The summed E-state index contributed by atoms with van der Waals surface area (Å²) in [4.78, 5) is 0. The van der Waals surface area contributed by atoms with Crippen LogP contribution in [0.3, 0.4) is 0 Å². The van der Waals surface area contributed by atoms with Crippen LogP contribution in [0, 0.1) is 16.7 Å². The highest BCUT2D eigenvalue weighted by molar-refractivity contribution is 5.50. The van der Waals surface area contributed by atoms with Crippen molar-refractivity contribution in [3.05, 3.63) is 34.9 Å². The predicted octanol–water partition coefficient (Wildman–Crippen LogP) is 3.88. The lowest BCUT2D eigenvalue weighted by molar-refractivity contribution is 0.0361. The smallest absolute Gasteiger partial charge is 0.0802 e. The fourth-order valence-electron chi connectivity index (χ4n) is 4.57. The second-order valence-corrected chi connectivity index (χ2v) is 6.46. The Labute approximate surface area is 104 Å². The number of allylic oxidation sites excluding steroid dienone is 5. The molecule has 1 fully saturated rings. The Balaban J connectivity index is 2.21. The van der Waals surface area contributed by atoms with Gasteiger partial charge >= 0.3 is 0 Å². The summed E-state index contributed by atoms with van der Waals surface area (Å²) in [7, 11) is 1.84. The van der Waals surface area contributed by atoms with Crippen LogP contribution in [0.4, 0.5) is 0 Å². The molecule has 3 aliphatic carbocycles. The van der Waals surface area contributed by atoms with E-state index < -0.39 is 0 Å². The molecule has 0 heterocycles. The molecule has 0 aromatic heterocycles. The van der Waals surface area contributed by atoms with Crippen molar-refractivity contribution in [1.29, 1.82) is 0 Å². The number of fused-ring (bicyclic) bond motifs is 1. The molecule has 3 atom stereocenters. The summed E-state index contributed by atoms with van der Waals surface area (Å²) in [5.41, 5.74) is 5.11. The van der Waals surface area contributed by atoms with Crippen molar-refractivity contribution in [2.24, 2.45) is 16.7 Å². The summed E-state index contributed by atoms with van der Waals surface area (Å²) >= 11 is 0. The van der Waals surface area contributed by atoms with Crippen LogP contribution in [0.5, 0.6) is 0 Å². The first-order valence-electron chi connectivity index (χ1n) is 6.54. The molecule has 0 aromatic rings. The average molecular weight is 230 g/mol. The molecule has 2 bridgehead atoms. The summed E-state index contributed by atoms with van der Waals surface area (Å²) < 4.78 is 5.74. The van der Waals surface area contributed by atoms with Gasteiger partial charge in [-0.3, -0.25) is 0 Å². The average Bonchev–Trinajstić information content (AvgIpc) is 2.66. The van der Waals surface area contributed by atoms with Crippen molar-refractivity contribution < 1.29 is 4.74 Å². The van der Waals surface area contributed by atoms with Crippen LogP contribution in [0.2, 0.25) is 0 Å². The van der Waals surface area contributed by atoms with E-state index in [0.29, 0.717) is 5.92 Å². The Morgan fingerprint density at radius 2 is 2.00 bits per heavy atom. The van der Waals surface area contributed by atoms with Gasteiger partial charge < -0.3 is 4.74 Å². The molecule has 1 saturated carbocycles. The third-order valence-corrected chi connectivity index (χ3v) is 5.44. The molecule has 0 aliphatic heterocycles. The number of methoxy groups -OCH3 is 1. The predicted molar refractivity (Wildman–Crippen MR) is 70.7 cm³/mol. The van der Waals surface area contributed by atoms with Gasteiger partial charge in [-0.25, -0.2) is 0 Å². The second-order valence-electron chi connectivity index (χ2n) is 6.46. The molecule has 0 radical (unpaired) electrons. The topological polar surface area (TPSA) is 9.23 Å². The minimum atomic E-state index is 0.249. The van der Waals surface area contributed by atoms with Crippen molar-refractivity contribution in [1.82, 2.24) is 0 Å². The van der Waals surface area contributed by atoms with Crippen molar-refractivity contribution >= 4 is 0 Å². The first-order valence-corrected chi connectivity index (χ1v) is 6.54. The van der Waals surface area contributed by atoms with E-state index in [1.807, 2.05) is 7.11 Å². The van der Waals surface area contributed by atoms with Crippen LogP contribution >= 0.6 is 0 Å². The molecule has 0 N–H and O–H groups in total. The molecule has 92 valence electrons. The molecular formula is C16H22O. The standard InChI is InChI=1S/C16H22O/c1-10-6-7-16-9-12(10)15(3,4)14(16)13(17-5)8-11(16)2/h6-8,13-14H,9H2,1-5H3. The normalized spacial score (nSPS) is 41.8. The van der Waals surface area contributed by atoms with Crippen LogP contribution in [0.1, 0.15) is 34.1 Å². The van der Waals surface area contributed by atoms with Gasteiger partial charge in [-0.2, -0.15) is 0 Å². The minimum absolute atomic E-state index is 0.249. The Morgan fingerprint density at radius 1 is 1.29 bits per heavy atom. The lowest BCUT2D eigenvalue weighted by Crippen LogP contribution is -2.35. The van der Waals surface area contributed by atoms with E-state index in [0.717, 1.165) is 0 Å². The number of rotatable bonds is 1. The van der Waals surface area contributed by atoms with E-state index in [9.17, 15) is 0 Å². The van der Waals surface area contributed by atoms with Gasteiger partial charge in [0.05, 0.1) is 6.10 Å². The highest BCUT2D eigenvalue weighted by atomic mass is 16.5. The van der Waals surface area contributed by atoms with Crippen molar-refractivity contribution in [3.8, 4) is 0 Å². The first-order chi connectivity index (χ1) is 7.93. The summed E-state index contributed by atoms with van der Waals surface area (Å²) in [6.45, 7) is 9.31. The quantitative estimate of drug-likeness (QED) is 0.621. The van der Waals surface area contributed by atoms with Crippen LogP contribution in [-0.4, -0.2) is 13.2 Å². The second kappa shape index (κ2) is 3.14. The zero-order valence-corrected chi connectivity index (χ0v) is 11.5. The third-order valence-electron chi connectivity index (χ3n) is 5.44. The minimum Gasteiger partial charge on any atom is -0.377 e. The van der Waals surface area contributed by atoms with Gasteiger partial charge in [0.25, 0.3) is 0 Å². The van der Waals surface area contributed by atoms with E-state index in [4.69, 9.17) is 4.74 Å². The SMILES string of the molecule is COC1C=C(C)C23C=CC(C)=C(C2)C(C)(C)C13. The Hall–Kier alpha value is -0.820. The molecule has 0 aromatic carbocycles. The van der Waals surface area contributed by atoms with E-state index in [2.05, 4.69) is 45.9 Å². The molecule has 3 aliphatic rings. The molecule has 0 saturated heterocycles. The maximum absolute atomic E-state index is 5.74. The van der Waals surface area contributed by atoms with Crippen molar-refractivity contribution in [2.45, 2.75) is 40.2 Å². The molecule has 1 spiro atoms. The Bertz CT molecular complexity index is 464. The Kier molecular flexibility index (Phi) is 2.08. The molecule has 3 unspecified atom stereocenters. The Morgan fingerprint density at radius 3 is 2.65 bits per heavy atom. The van der Waals surface area contributed by atoms with Crippen molar-refractivity contribution in [3.63, 3.8) is 0 Å². The van der Waals surface area contributed by atoms with Gasteiger partial charge in [0.15, 0.2) is 0 Å². The summed E-state index contributed by atoms with van der Waals surface area (Å²) in [5, 5.41) is 0. The van der Waals surface area contributed by atoms with Crippen LogP contribution in [-0.2, 0) is 4.74 Å². The monoisotopic (exact) mass is 230 g/mol. The third kappa shape index (κ3) is 1.14. The molecular weight excluding hydrogens is 208 g/mol. The van der Waals surface area contributed by atoms with Gasteiger partial charge in [-0.15, -0.1) is 0 Å². The molecule has 1 nitrogen and oxygen atoms in total.